The van der Waals surface area contributed by atoms with Crippen LogP contribution in [0.1, 0.15) is 15.9 Å². The van der Waals surface area contributed by atoms with Crippen molar-refractivity contribution in [3.05, 3.63) is 82.8 Å². The zero-order valence-electron chi connectivity index (χ0n) is 15.5. The van der Waals surface area contributed by atoms with Crippen molar-refractivity contribution in [1.29, 1.82) is 0 Å². The average Bonchev–Trinajstić information content (AvgIpc) is 2.70. The molecule has 3 aromatic rings. The van der Waals surface area contributed by atoms with E-state index in [9.17, 15) is 14.0 Å². The number of nitrogens with one attached hydrogen (secondary N) is 1. The minimum atomic E-state index is -0.682. The van der Waals surface area contributed by atoms with E-state index in [1.54, 1.807) is 37.4 Å². The number of carbonyl (C=O) groups excluding carboxylic acids is 2. The number of carbonyl (C=O) groups is 2. The molecule has 0 aromatic heterocycles. The molecular weight excluding hydrogens is 395 g/mol. The summed E-state index contributed by atoms with van der Waals surface area (Å²) < 4.78 is 18.8. The highest BCUT2D eigenvalue weighted by Gasteiger charge is 2.16. The Labute approximate surface area is 171 Å². The summed E-state index contributed by atoms with van der Waals surface area (Å²) in [6, 6.07) is 14.0. The van der Waals surface area contributed by atoms with E-state index in [2.05, 4.69) is 5.32 Å². The molecule has 148 valence electrons. The Morgan fingerprint density at radius 2 is 1.83 bits per heavy atom. The second kappa shape index (κ2) is 8.75. The maximum absolute atomic E-state index is 13.2. The smallest absolute Gasteiger partial charge is 0.252 e. The second-order valence-corrected chi connectivity index (χ2v) is 6.71. The van der Waals surface area contributed by atoms with Crippen molar-refractivity contribution < 1.29 is 18.7 Å². The first-order valence-electron chi connectivity index (χ1n) is 8.71. The van der Waals surface area contributed by atoms with Crippen molar-refractivity contribution >= 4 is 39.6 Å². The van der Waals surface area contributed by atoms with Crippen molar-refractivity contribution in [1.82, 2.24) is 5.32 Å². The lowest BCUT2D eigenvalue weighted by atomic mass is 10.0. The molecule has 0 aliphatic carbocycles. The van der Waals surface area contributed by atoms with Crippen molar-refractivity contribution in [3.63, 3.8) is 0 Å². The van der Waals surface area contributed by atoms with Crippen LogP contribution in [0.4, 0.5) is 4.39 Å². The third-order valence-corrected chi connectivity index (χ3v) is 4.50. The molecule has 1 amide bonds. The Kier molecular flexibility index (Phi) is 6.14. The van der Waals surface area contributed by atoms with E-state index in [4.69, 9.17) is 22.1 Å². The number of ketones is 1. The van der Waals surface area contributed by atoms with Crippen molar-refractivity contribution in [2.45, 2.75) is 0 Å². The molecule has 7 heteroatoms. The highest BCUT2D eigenvalue weighted by molar-refractivity contribution is 6.31. The number of halogens is 2. The van der Waals surface area contributed by atoms with Gasteiger partial charge in [-0.3, -0.25) is 9.59 Å². The molecule has 29 heavy (non-hydrogen) atoms. The van der Waals surface area contributed by atoms with Crippen molar-refractivity contribution in [2.75, 3.05) is 13.7 Å². The number of benzene rings is 3. The van der Waals surface area contributed by atoms with Gasteiger partial charge < -0.3 is 15.8 Å². The molecule has 3 aromatic carbocycles. The third kappa shape index (κ3) is 4.73. The van der Waals surface area contributed by atoms with Gasteiger partial charge in [0.15, 0.2) is 6.61 Å². The topological polar surface area (TPSA) is 81.4 Å². The SMILES string of the molecule is CN/C=C(/C(=O)COc1cc2ccc(Cl)cc2cc1C(N)=O)c1ccc(F)cc1. The molecule has 0 saturated carbocycles. The number of primary amides is 1. The molecule has 0 aliphatic heterocycles. The van der Waals surface area contributed by atoms with Gasteiger partial charge in [0.25, 0.3) is 5.91 Å². The summed E-state index contributed by atoms with van der Waals surface area (Å²) in [7, 11) is 1.65. The molecule has 0 radical (unpaired) electrons. The van der Waals surface area contributed by atoms with Crippen molar-refractivity contribution in [2.24, 2.45) is 5.73 Å². The van der Waals surface area contributed by atoms with E-state index in [0.29, 0.717) is 16.2 Å². The number of amides is 1. The minimum Gasteiger partial charge on any atom is -0.485 e. The van der Waals surface area contributed by atoms with Gasteiger partial charge in [-0.1, -0.05) is 29.8 Å². The van der Waals surface area contributed by atoms with Crippen LogP contribution in [0.5, 0.6) is 5.75 Å². The van der Waals surface area contributed by atoms with Gasteiger partial charge >= 0.3 is 0 Å². The summed E-state index contributed by atoms with van der Waals surface area (Å²) in [4.78, 5) is 24.6. The van der Waals surface area contributed by atoms with Crippen LogP contribution in [-0.2, 0) is 4.79 Å². The first-order chi connectivity index (χ1) is 13.9. The maximum atomic E-state index is 13.2. The normalized spacial score (nSPS) is 11.3. The lowest BCUT2D eigenvalue weighted by Gasteiger charge is -2.13. The molecule has 3 N–H and O–H groups in total. The van der Waals surface area contributed by atoms with Crippen LogP contribution >= 0.6 is 11.6 Å². The van der Waals surface area contributed by atoms with Crippen LogP contribution in [0, 0.1) is 5.82 Å². The van der Waals surface area contributed by atoms with Crippen LogP contribution in [-0.4, -0.2) is 25.3 Å². The maximum Gasteiger partial charge on any atom is 0.252 e. The lowest BCUT2D eigenvalue weighted by molar-refractivity contribution is -0.115. The number of nitrogens with two attached hydrogens (primary N) is 1. The van der Waals surface area contributed by atoms with E-state index < -0.39 is 11.7 Å². The molecule has 0 spiro atoms. The van der Waals surface area contributed by atoms with E-state index in [-0.39, 0.29) is 23.7 Å². The summed E-state index contributed by atoms with van der Waals surface area (Å²) in [5, 5.41) is 4.84. The first-order valence-corrected chi connectivity index (χ1v) is 9.09. The highest BCUT2D eigenvalue weighted by atomic mass is 35.5. The van der Waals surface area contributed by atoms with Gasteiger partial charge in [-0.2, -0.15) is 0 Å². The number of hydrogen-bond acceptors (Lipinski definition) is 4. The highest BCUT2D eigenvalue weighted by Crippen LogP contribution is 2.28. The fraction of sp³-hybridized carbons (Fsp3) is 0.0909. The van der Waals surface area contributed by atoms with Gasteiger partial charge in [0.05, 0.1) is 5.56 Å². The summed E-state index contributed by atoms with van der Waals surface area (Å²) in [6.45, 7) is -0.329. The molecule has 0 unspecified atom stereocenters. The average molecular weight is 413 g/mol. The largest absolute Gasteiger partial charge is 0.485 e. The van der Waals surface area contributed by atoms with Gasteiger partial charge in [-0.15, -0.1) is 0 Å². The summed E-state index contributed by atoms with van der Waals surface area (Å²) >= 11 is 6.00. The van der Waals surface area contributed by atoms with E-state index >= 15 is 0 Å². The molecular formula is C22H18ClFN2O3. The van der Waals surface area contributed by atoms with Crippen LogP contribution in [0.15, 0.2) is 60.8 Å². The monoisotopic (exact) mass is 412 g/mol. The first kappa shape index (κ1) is 20.4. The van der Waals surface area contributed by atoms with Gasteiger partial charge in [-0.25, -0.2) is 4.39 Å². The van der Waals surface area contributed by atoms with Gasteiger partial charge in [0.1, 0.15) is 11.6 Å². The third-order valence-electron chi connectivity index (χ3n) is 4.27. The quantitative estimate of drug-likeness (QED) is 0.576. The van der Waals surface area contributed by atoms with E-state index in [0.717, 1.165) is 10.8 Å². The minimum absolute atomic E-state index is 0.147. The molecule has 0 atom stereocenters. The summed E-state index contributed by atoms with van der Waals surface area (Å²) in [5.74, 6) is -1.23. The predicted octanol–water partition coefficient (Wildman–Crippen LogP) is 3.94. The fourth-order valence-electron chi connectivity index (χ4n) is 2.88. The van der Waals surface area contributed by atoms with E-state index in [1.165, 1.54) is 30.5 Å². The number of fused-ring (bicyclic) bond motifs is 1. The van der Waals surface area contributed by atoms with Crippen LogP contribution in [0.3, 0.4) is 0 Å². The lowest BCUT2D eigenvalue weighted by Crippen LogP contribution is -2.18. The van der Waals surface area contributed by atoms with Crippen LogP contribution < -0.4 is 15.8 Å². The van der Waals surface area contributed by atoms with Gasteiger partial charge in [-0.05, 0) is 52.7 Å². The zero-order chi connectivity index (χ0) is 21.0. The van der Waals surface area contributed by atoms with E-state index in [1.807, 2.05) is 0 Å². The Balaban J connectivity index is 1.88. The molecule has 5 nitrogen and oxygen atoms in total. The molecule has 3 rings (SSSR count). The summed E-state index contributed by atoms with van der Waals surface area (Å²) in [6.07, 6.45) is 1.51. The molecule has 0 fully saturated rings. The fourth-order valence-corrected chi connectivity index (χ4v) is 3.06. The Bertz CT molecular complexity index is 1110. The van der Waals surface area contributed by atoms with Gasteiger partial charge in [0.2, 0.25) is 5.78 Å². The van der Waals surface area contributed by atoms with Crippen LogP contribution in [0.25, 0.3) is 16.3 Å². The number of hydrogen-bond donors (Lipinski definition) is 2. The Hall–Kier alpha value is -3.38. The Morgan fingerprint density at radius 3 is 2.48 bits per heavy atom. The van der Waals surface area contributed by atoms with Crippen molar-refractivity contribution in [3.8, 4) is 5.75 Å². The second-order valence-electron chi connectivity index (χ2n) is 6.27. The molecule has 0 aliphatic rings. The number of rotatable bonds is 7. The molecule has 0 heterocycles. The molecule has 0 saturated heterocycles. The number of Topliss-reactive ketones (excluding diaryl/α,β-unsaturated/α-hetero) is 1. The predicted molar refractivity (Wildman–Crippen MR) is 111 cm³/mol. The zero-order valence-corrected chi connectivity index (χ0v) is 16.3. The van der Waals surface area contributed by atoms with Crippen LogP contribution in [0.2, 0.25) is 5.02 Å². The van der Waals surface area contributed by atoms with Gasteiger partial charge in [0, 0.05) is 23.8 Å². The summed E-state index contributed by atoms with van der Waals surface area (Å²) in [5.41, 5.74) is 6.48. The Morgan fingerprint density at radius 1 is 1.10 bits per heavy atom. The molecule has 0 bridgehead atoms. The number of ether oxygens (including phenoxy) is 1. The standard InChI is InChI=1S/C22H18ClFN2O3/c1-26-11-19(13-3-6-17(24)7-4-13)20(27)12-29-21-10-14-2-5-16(23)8-15(14)9-18(21)22(25)28/h2-11,26H,12H2,1H3,(H2,25,28)/b19-11+.